The molecule has 1 aromatic carbocycles. The van der Waals surface area contributed by atoms with Crippen molar-refractivity contribution >= 4 is 5.95 Å². The van der Waals surface area contributed by atoms with E-state index >= 15 is 0 Å². The zero-order chi connectivity index (χ0) is 19.9. The first-order valence-corrected chi connectivity index (χ1v) is 9.50. The third kappa shape index (κ3) is 4.93. The van der Waals surface area contributed by atoms with E-state index in [9.17, 15) is 4.79 Å². The van der Waals surface area contributed by atoms with Crippen LogP contribution in [0.25, 0.3) is 11.3 Å². The molecule has 0 aliphatic rings. The number of aromatic amines is 1. The minimum Gasteiger partial charge on any atom is -0.349 e. The summed E-state index contributed by atoms with van der Waals surface area (Å²) in [6.45, 7) is 0. The van der Waals surface area contributed by atoms with Crippen molar-refractivity contribution in [3.8, 4) is 11.3 Å². The van der Waals surface area contributed by atoms with Crippen LogP contribution in [0, 0.1) is 0 Å². The maximum absolute atomic E-state index is 12.2. The molecular weight excluding hydrogens is 362 g/mol. The first-order chi connectivity index (χ1) is 14.3. The van der Waals surface area contributed by atoms with Crippen LogP contribution in [0.4, 0.5) is 5.95 Å². The van der Waals surface area contributed by atoms with Crippen LogP contribution in [0.2, 0.25) is 0 Å². The molecule has 4 aromatic rings. The zero-order valence-corrected chi connectivity index (χ0v) is 15.8. The Balaban J connectivity index is 1.60. The van der Waals surface area contributed by atoms with Crippen LogP contribution in [0.1, 0.15) is 23.6 Å². The van der Waals surface area contributed by atoms with E-state index in [-0.39, 0.29) is 11.6 Å². The molecule has 1 atom stereocenters. The predicted molar refractivity (Wildman–Crippen MR) is 113 cm³/mol. The summed E-state index contributed by atoms with van der Waals surface area (Å²) >= 11 is 0. The molecule has 3 heterocycles. The van der Waals surface area contributed by atoms with Gasteiger partial charge in [-0.05, 0) is 42.2 Å². The Morgan fingerprint density at radius 1 is 0.931 bits per heavy atom. The van der Waals surface area contributed by atoms with Crippen LogP contribution in [0.15, 0.2) is 90.2 Å². The van der Waals surface area contributed by atoms with E-state index in [0.717, 1.165) is 24.0 Å². The van der Waals surface area contributed by atoms with Gasteiger partial charge in [0.1, 0.15) is 0 Å². The van der Waals surface area contributed by atoms with Gasteiger partial charge in [0.05, 0.1) is 11.7 Å². The van der Waals surface area contributed by atoms with E-state index in [1.807, 2.05) is 48.7 Å². The summed E-state index contributed by atoms with van der Waals surface area (Å²) in [7, 11) is 0. The van der Waals surface area contributed by atoms with Crippen LogP contribution < -0.4 is 10.9 Å². The van der Waals surface area contributed by atoms with Gasteiger partial charge < -0.3 is 5.32 Å². The van der Waals surface area contributed by atoms with Gasteiger partial charge in [0.15, 0.2) is 0 Å². The van der Waals surface area contributed by atoms with Gasteiger partial charge in [-0.2, -0.15) is 0 Å². The van der Waals surface area contributed by atoms with Crippen LogP contribution in [-0.4, -0.2) is 19.9 Å². The molecule has 0 aliphatic carbocycles. The van der Waals surface area contributed by atoms with Crippen LogP contribution in [0.3, 0.4) is 0 Å². The summed E-state index contributed by atoms with van der Waals surface area (Å²) in [4.78, 5) is 27.9. The smallest absolute Gasteiger partial charge is 0.252 e. The van der Waals surface area contributed by atoms with E-state index in [0.29, 0.717) is 11.6 Å². The highest BCUT2D eigenvalue weighted by molar-refractivity contribution is 5.59. The molecular formula is C23H21N5O. The Hall–Kier alpha value is -3.80. The summed E-state index contributed by atoms with van der Waals surface area (Å²) in [5, 5.41) is 3.39. The van der Waals surface area contributed by atoms with Crippen molar-refractivity contribution in [1.29, 1.82) is 0 Å². The van der Waals surface area contributed by atoms with Gasteiger partial charge >= 0.3 is 0 Å². The average Bonchev–Trinajstić information content (AvgIpc) is 2.78. The summed E-state index contributed by atoms with van der Waals surface area (Å²) in [5.41, 5.74) is 3.54. The van der Waals surface area contributed by atoms with Crippen molar-refractivity contribution < 1.29 is 0 Å². The van der Waals surface area contributed by atoms with Gasteiger partial charge in [-0.1, -0.05) is 36.4 Å². The fourth-order valence-electron chi connectivity index (χ4n) is 3.22. The van der Waals surface area contributed by atoms with Crippen molar-refractivity contribution in [2.24, 2.45) is 0 Å². The van der Waals surface area contributed by atoms with Crippen molar-refractivity contribution in [3.05, 3.63) is 107 Å². The normalized spacial score (nSPS) is 11.7. The number of nitrogens with one attached hydrogen (secondary N) is 2. The lowest BCUT2D eigenvalue weighted by Gasteiger charge is -2.19. The molecule has 0 radical (unpaired) electrons. The second-order valence-corrected chi connectivity index (χ2v) is 6.72. The molecule has 3 aromatic heterocycles. The largest absolute Gasteiger partial charge is 0.349 e. The Kier molecular flexibility index (Phi) is 5.71. The molecule has 0 saturated heterocycles. The van der Waals surface area contributed by atoms with Crippen LogP contribution >= 0.6 is 0 Å². The monoisotopic (exact) mass is 383 g/mol. The Morgan fingerprint density at radius 2 is 1.76 bits per heavy atom. The number of rotatable bonds is 7. The number of benzene rings is 1. The van der Waals surface area contributed by atoms with Gasteiger partial charge in [0.25, 0.3) is 5.56 Å². The van der Waals surface area contributed by atoms with Crippen LogP contribution in [-0.2, 0) is 6.42 Å². The van der Waals surface area contributed by atoms with Crippen LogP contribution in [0.5, 0.6) is 0 Å². The van der Waals surface area contributed by atoms with Gasteiger partial charge in [-0.3, -0.25) is 19.7 Å². The maximum Gasteiger partial charge on any atom is 0.252 e. The highest BCUT2D eigenvalue weighted by Gasteiger charge is 2.14. The molecule has 4 rings (SSSR count). The van der Waals surface area contributed by atoms with Crippen molar-refractivity contribution in [2.45, 2.75) is 18.9 Å². The lowest BCUT2D eigenvalue weighted by atomic mass is 10.0. The predicted octanol–water partition coefficient (Wildman–Crippen LogP) is 4.01. The molecule has 0 amide bonds. The minimum absolute atomic E-state index is 0.0419. The number of aryl methyl sites for hydroxylation is 1. The standard InChI is InChI=1S/C23H21N5O/c29-22-15-21(18-10-13-24-14-11-18)27-23(28-22)26-20(19-7-4-12-25-16-19)9-8-17-5-2-1-3-6-17/h1-7,10-16,20H,8-9H2,(H2,26,27,28,29). The first-order valence-electron chi connectivity index (χ1n) is 9.50. The number of hydrogen-bond acceptors (Lipinski definition) is 5. The fourth-order valence-corrected chi connectivity index (χ4v) is 3.22. The number of nitrogens with zero attached hydrogens (tertiary/aromatic N) is 3. The van der Waals surface area contributed by atoms with E-state index < -0.39 is 0 Å². The van der Waals surface area contributed by atoms with Gasteiger partial charge in [-0.15, -0.1) is 0 Å². The van der Waals surface area contributed by atoms with Crippen molar-refractivity contribution in [1.82, 2.24) is 19.9 Å². The maximum atomic E-state index is 12.2. The molecule has 0 fully saturated rings. The first kappa shape index (κ1) is 18.6. The highest BCUT2D eigenvalue weighted by atomic mass is 16.1. The van der Waals surface area contributed by atoms with E-state index in [1.54, 1.807) is 18.6 Å². The topological polar surface area (TPSA) is 83.6 Å². The average molecular weight is 383 g/mol. The molecule has 0 aliphatic heterocycles. The van der Waals surface area contributed by atoms with Crippen molar-refractivity contribution in [3.63, 3.8) is 0 Å². The molecule has 2 N–H and O–H groups in total. The SMILES string of the molecule is O=c1cc(-c2ccncc2)nc(NC(CCc2ccccc2)c2cccnc2)[nH]1. The van der Waals surface area contributed by atoms with E-state index in [2.05, 4.69) is 37.4 Å². The summed E-state index contributed by atoms with van der Waals surface area (Å²) in [6.07, 6.45) is 8.68. The van der Waals surface area contributed by atoms with E-state index in [4.69, 9.17) is 0 Å². The fraction of sp³-hybridized carbons (Fsp3) is 0.130. The lowest BCUT2D eigenvalue weighted by molar-refractivity contribution is 0.682. The Morgan fingerprint density at radius 3 is 2.52 bits per heavy atom. The summed E-state index contributed by atoms with van der Waals surface area (Å²) < 4.78 is 0. The highest BCUT2D eigenvalue weighted by Crippen LogP contribution is 2.23. The molecule has 1 unspecified atom stereocenters. The molecule has 0 spiro atoms. The second-order valence-electron chi connectivity index (χ2n) is 6.72. The Labute approximate surface area is 168 Å². The minimum atomic E-state index is -0.206. The molecule has 29 heavy (non-hydrogen) atoms. The number of aromatic nitrogens is 4. The van der Waals surface area contributed by atoms with Gasteiger partial charge in [0, 0.05) is 36.4 Å². The summed E-state index contributed by atoms with van der Waals surface area (Å²) in [6, 6.07) is 19.4. The van der Waals surface area contributed by atoms with Gasteiger partial charge in [-0.25, -0.2) is 4.98 Å². The molecule has 144 valence electrons. The third-order valence-corrected chi connectivity index (χ3v) is 4.68. The molecule has 6 heteroatoms. The number of H-pyrrole nitrogens is 1. The number of hydrogen-bond donors (Lipinski definition) is 2. The quantitative estimate of drug-likeness (QED) is 0.504. The van der Waals surface area contributed by atoms with Gasteiger partial charge in [0.2, 0.25) is 5.95 Å². The Bertz CT molecular complexity index is 1100. The molecule has 0 bridgehead atoms. The number of pyridine rings is 2. The van der Waals surface area contributed by atoms with Crippen molar-refractivity contribution in [2.75, 3.05) is 5.32 Å². The second kappa shape index (κ2) is 8.93. The molecule has 0 saturated carbocycles. The van der Waals surface area contributed by atoms with E-state index in [1.165, 1.54) is 11.6 Å². The number of anilines is 1. The summed E-state index contributed by atoms with van der Waals surface area (Å²) in [5.74, 6) is 0.436. The third-order valence-electron chi connectivity index (χ3n) is 4.68. The molecule has 6 nitrogen and oxygen atoms in total. The zero-order valence-electron chi connectivity index (χ0n) is 15.8. The lowest BCUT2D eigenvalue weighted by Crippen LogP contribution is -2.18.